The third kappa shape index (κ3) is 3.03. The van der Waals surface area contributed by atoms with E-state index in [1.165, 1.54) is 6.07 Å². The van der Waals surface area contributed by atoms with Gasteiger partial charge in [-0.15, -0.1) is 0 Å². The smallest absolute Gasteiger partial charge is 0.275 e. The third-order valence-corrected chi connectivity index (χ3v) is 3.77. The second-order valence-corrected chi connectivity index (χ2v) is 5.01. The summed E-state index contributed by atoms with van der Waals surface area (Å²) in [5, 5.41) is 20.5. The van der Waals surface area contributed by atoms with E-state index in [9.17, 15) is 10.1 Å². The second kappa shape index (κ2) is 6.00. The topological polar surface area (TPSA) is 70.2 Å². The van der Waals surface area contributed by atoms with E-state index in [4.69, 9.17) is 16.9 Å². The molecule has 1 aliphatic rings. The Hall–Kier alpha value is -1.64. The summed E-state index contributed by atoms with van der Waals surface area (Å²) in [6.07, 6.45) is 2.85. The quantitative estimate of drug-likeness (QED) is 0.629. The Bertz CT molecular complexity index is 527. The number of halogens is 1. The molecule has 0 saturated carbocycles. The third-order valence-electron chi connectivity index (χ3n) is 3.41. The number of benzene rings is 1. The van der Waals surface area contributed by atoms with Gasteiger partial charge >= 0.3 is 0 Å². The summed E-state index contributed by atoms with van der Waals surface area (Å²) in [5.74, 6) is 0. The first-order valence-corrected chi connectivity index (χ1v) is 6.56. The Balaban J connectivity index is 2.27. The minimum atomic E-state index is -0.424. The van der Waals surface area contributed by atoms with Gasteiger partial charge in [0.25, 0.3) is 5.69 Å². The van der Waals surface area contributed by atoms with Crippen LogP contribution in [0.5, 0.6) is 0 Å². The van der Waals surface area contributed by atoms with Gasteiger partial charge in [0.15, 0.2) is 0 Å². The van der Waals surface area contributed by atoms with Crippen LogP contribution in [0.4, 0.5) is 5.69 Å². The summed E-state index contributed by atoms with van der Waals surface area (Å²) in [6, 6.07) is 6.75. The van der Waals surface area contributed by atoms with Crippen LogP contribution in [0.3, 0.4) is 0 Å². The molecule has 0 bridgehead atoms. The molecule has 2 rings (SSSR count). The average molecular weight is 280 g/mol. The van der Waals surface area contributed by atoms with Gasteiger partial charge in [0.05, 0.1) is 27.6 Å². The molecule has 0 radical (unpaired) electrons. The van der Waals surface area contributed by atoms with Crippen LogP contribution in [0.15, 0.2) is 18.2 Å². The SMILES string of the molecule is N#CC1CCCCN1Cc1c(Cl)cccc1[N+](=O)[O-]. The highest BCUT2D eigenvalue weighted by Gasteiger charge is 2.26. The maximum absolute atomic E-state index is 11.0. The minimum Gasteiger partial charge on any atom is -0.283 e. The molecule has 5 nitrogen and oxygen atoms in total. The van der Waals surface area contributed by atoms with E-state index >= 15 is 0 Å². The molecule has 1 aliphatic heterocycles. The predicted molar refractivity (Wildman–Crippen MR) is 71.8 cm³/mol. The molecule has 0 amide bonds. The molecule has 19 heavy (non-hydrogen) atoms. The van der Waals surface area contributed by atoms with Crippen molar-refractivity contribution in [1.82, 2.24) is 4.90 Å². The van der Waals surface area contributed by atoms with Crippen molar-refractivity contribution < 1.29 is 4.92 Å². The number of hydrogen-bond donors (Lipinski definition) is 0. The van der Waals surface area contributed by atoms with E-state index in [1.807, 2.05) is 4.90 Å². The Labute approximate surface area is 116 Å². The molecule has 6 heteroatoms. The molecule has 100 valence electrons. The van der Waals surface area contributed by atoms with Crippen molar-refractivity contribution in [2.75, 3.05) is 6.54 Å². The fraction of sp³-hybridized carbons (Fsp3) is 0.462. The Morgan fingerprint density at radius 2 is 2.32 bits per heavy atom. The van der Waals surface area contributed by atoms with E-state index in [1.54, 1.807) is 12.1 Å². The second-order valence-electron chi connectivity index (χ2n) is 4.61. The zero-order valence-corrected chi connectivity index (χ0v) is 11.1. The lowest BCUT2D eigenvalue weighted by molar-refractivity contribution is -0.385. The van der Waals surface area contributed by atoms with Gasteiger partial charge in [-0.3, -0.25) is 15.0 Å². The highest BCUT2D eigenvalue weighted by Crippen LogP contribution is 2.29. The fourth-order valence-electron chi connectivity index (χ4n) is 2.40. The van der Waals surface area contributed by atoms with Crippen molar-refractivity contribution in [2.45, 2.75) is 31.8 Å². The molecule has 1 fully saturated rings. The number of likely N-dealkylation sites (tertiary alicyclic amines) is 1. The molecule has 1 atom stereocenters. The number of nitriles is 1. The molecule has 1 aromatic rings. The van der Waals surface area contributed by atoms with Crippen LogP contribution >= 0.6 is 11.6 Å². The molecule has 0 aliphatic carbocycles. The largest absolute Gasteiger partial charge is 0.283 e. The fourth-order valence-corrected chi connectivity index (χ4v) is 2.63. The van der Waals surface area contributed by atoms with Crippen molar-refractivity contribution in [1.29, 1.82) is 5.26 Å². The van der Waals surface area contributed by atoms with Gasteiger partial charge in [0.2, 0.25) is 0 Å². The van der Waals surface area contributed by atoms with Gasteiger partial charge < -0.3 is 0 Å². The molecular formula is C13H14ClN3O2. The van der Waals surface area contributed by atoms with E-state index in [2.05, 4.69) is 6.07 Å². The van der Waals surface area contributed by atoms with Gasteiger partial charge in [0, 0.05) is 12.6 Å². The maximum Gasteiger partial charge on any atom is 0.275 e. The van der Waals surface area contributed by atoms with Crippen molar-refractivity contribution in [3.8, 4) is 6.07 Å². The highest BCUT2D eigenvalue weighted by molar-refractivity contribution is 6.31. The number of rotatable bonds is 3. The van der Waals surface area contributed by atoms with Gasteiger partial charge in [-0.25, -0.2) is 0 Å². The standard InChI is InChI=1S/C13H14ClN3O2/c14-12-5-3-6-13(17(18)19)11(12)9-16-7-2-1-4-10(16)8-15/h3,5-6,10H,1-2,4,7,9H2. The lowest BCUT2D eigenvalue weighted by atomic mass is 10.0. The first kappa shape index (κ1) is 13.8. The Morgan fingerprint density at radius 3 is 3.00 bits per heavy atom. The Morgan fingerprint density at radius 1 is 1.53 bits per heavy atom. The zero-order valence-electron chi connectivity index (χ0n) is 10.4. The van der Waals surface area contributed by atoms with Crippen LogP contribution in [0.1, 0.15) is 24.8 Å². The number of hydrogen-bond acceptors (Lipinski definition) is 4. The average Bonchev–Trinajstić information content (AvgIpc) is 2.41. The number of piperidine rings is 1. The Kier molecular flexibility index (Phi) is 4.35. The summed E-state index contributed by atoms with van der Waals surface area (Å²) < 4.78 is 0. The molecule has 1 saturated heterocycles. The molecule has 0 aromatic heterocycles. The summed E-state index contributed by atoms with van der Waals surface area (Å²) in [5.41, 5.74) is 0.520. The number of nitrogens with zero attached hydrogens (tertiary/aromatic N) is 3. The number of nitro groups is 1. The van der Waals surface area contributed by atoms with Crippen LogP contribution in [0, 0.1) is 21.4 Å². The van der Waals surface area contributed by atoms with Crippen LogP contribution in [0.25, 0.3) is 0 Å². The zero-order chi connectivity index (χ0) is 13.8. The van der Waals surface area contributed by atoms with Crippen molar-refractivity contribution in [3.63, 3.8) is 0 Å². The van der Waals surface area contributed by atoms with Gasteiger partial charge in [0.1, 0.15) is 0 Å². The van der Waals surface area contributed by atoms with Crippen LogP contribution < -0.4 is 0 Å². The monoisotopic (exact) mass is 279 g/mol. The minimum absolute atomic E-state index is 0.0229. The molecular weight excluding hydrogens is 266 g/mol. The van der Waals surface area contributed by atoms with Crippen LogP contribution in [-0.2, 0) is 6.54 Å². The molecule has 1 heterocycles. The molecule has 1 aromatic carbocycles. The van der Waals surface area contributed by atoms with E-state index in [-0.39, 0.29) is 11.7 Å². The van der Waals surface area contributed by atoms with Crippen molar-refractivity contribution >= 4 is 17.3 Å². The van der Waals surface area contributed by atoms with E-state index < -0.39 is 4.92 Å². The summed E-state index contributed by atoms with van der Waals surface area (Å²) >= 11 is 6.07. The van der Waals surface area contributed by atoms with Gasteiger partial charge in [-0.2, -0.15) is 5.26 Å². The molecule has 0 N–H and O–H groups in total. The van der Waals surface area contributed by atoms with Gasteiger partial charge in [-0.1, -0.05) is 17.7 Å². The molecule has 0 spiro atoms. The molecule has 1 unspecified atom stereocenters. The van der Waals surface area contributed by atoms with Crippen LogP contribution in [0.2, 0.25) is 5.02 Å². The predicted octanol–water partition coefficient (Wildman–Crippen LogP) is 3.13. The van der Waals surface area contributed by atoms with Crippen molar-refractivity contribution in [2.24, 2.45) is 0 Å². The number of nitro benzene ring substituents is 1. The van der Waals surface area contributed by atoms with Crippen LogP contribution in [-0.4, -0.2) is 22.4 Å². The summed E-state index contributed by atoms with van der Waals surface area (Å²) in [4.78, 5) is 12.6. The highest BCUT2D eigenvalue weighted by atomic mass is 35.5. The van der Waals surface area contributed by atoms with Crippen molar-refractivity contribution in [3.05, 3.63) is 38.9 Å². The van der Waals surface area contributed by atoms with Gasteiger partial charge in [-0.05, 0) is 31.9 Å². The maximum atomic E-state index is 11.0. The normalized spacial score (nSPS) is 19.9. The van der Waals surface area contributed by atoms with E-state index in [0.29, 0.717) is 17.1 Å². The van der Waals surface area contributed by atoms with E-state index in [0.717, 1.165) is 25.8 Å². The first-order valence-electron chi connectivity index (χ1n) is 6.19. The first-order chi connectivity index (χ1) is 9.13. The summed E-state index contributed by atoms with van der Waals surface area (Å²) in [7, 11) is 0. The summed E-state index contributed by atoms with van der Waals surface area (Å²) in [6.45, 7) is 1.13. The lowest BCUT2D eigenvalue weighted by Crippen LogP contribution is -2.38. The lowest BCUT2D eigenvalue weighted by Gasteiger charge is -2.31.